The van der Waals surface area contributed by atoms with Crippen LogP contribution in [-0.2, 0) is 4.74 Å². The van der Waals surface area contributed by atoms with Crippen LogP contribution < -0.4 is 15.4 Å². The predicted octanol–water partition coefficient (Wildman–Crippen LogP) is 2.81. The largest absolute Gasteiger partial charge is 0.478 e. The second kappa shape index (κ2) is 7.71. The van der Waals surface area contributed by atoms with Crippen LogP contribution in [0, 0.1) is 0 Å². The van der Waals surface area contributed by atoms with Crippen LogP contribution in [-0.4, -0.2) is 35.9 Å². The van der Waals surface area contributed by atoms with Crippen molar-refractivity contribution in [2.24, 2.45) is 0 Å². The van der Waals surface area contributed by atoms with Crippen LogP contribution in [0.5, 0.6) is 5.88 Å². The van der Waals surface area contributed by atoms with Gasteiger partial charge in [-0.15, -0.1) is 0 Å². The Hall–Kier alpha value is -1.98. The first kappa shape index (κ1) is 17.1. The molecule has 6 heteroatoms. The van der Waals surface area contributed by atoms with E-state index in [9.17, 15) is 4.79 Å². The number of carbonyl (C=O) groups excluding carboxylic acids is 1. The number of hydrogen-bond acceptors (Lipinski definition) is 5. The van der Waals surface area contributed by atoms with Crippen molar-refractivity contribution < 1.29 is 14.3 Å². The lowest BCUT2D eigenvalue weighted by molar-refractivity contribution is 0.0526. The van der Waals surface area contributed by atoms with Crippen LogP contribution in [0.1, 0.15) is 34.6 Å². The molecule has 0 spiro atoms. The molecule has 1 heterocycles. The zero-order valence-electron chi connectivity index (χ0n) is 13.4. The van der Waals surface area contributed by atoms with Crippen LogP contribution >= 0.6 is 0 Å². The molecule has 0 radical (unpaired) electrons. The van der Waals surface area contributed by atoms with E-state index < -0.39 is 11.7 Å². The number of carbonyl (C=O) groups is 1. The van der Waals surface area contributed by atoms with Gasteiger partial charge < -0.3 is 20.1 Å². The third-order valence-corrected chi connectivity index (χ3v) is 2.39. The van der Waals surface area contributed by atoms with Crippen LogP contribution in [0.2, 0.25) is 0 Å². The summed E-state index contributed by atoms with van der Waals surface area (Å²) in [7, 11) is 0. The highest BCUT2D eigenvalue weighted by Crippen LogP contribution is 2.12. The molecule has 0 saturated heterocycles. The number of alkyl carbamates (subject to hydrolysis) is 1. The number of amides is 1. The standard InChI is InChI=1S/C15H25N3O3/c1-6-20-13-8-7-12(10-16-13)18-11(2)9-17-14(19)21-15(3,4)5/h7-8,10-11,18H,6,9H2,1-5H3,(H,17,19). The van der Waals surface area contributed by atoms with E-state index in [-0.39, 0.29) is 6.04 Å². The number of anilines is 1. The number of aromatic nitrogens is 1. The van der Waals surface area contributed by atoms with Crippen molar-refractivity contribution in [1.29, 1.82) is 0 Å². The first-order chi connectivity index (χ1) is 9.80. The summed E-state index contributed by atoms with van der Waals surface area (Å²) in [5.74, 6) is 0.600. The monoisotopic (exact) mass is 295 g/mol. The number of nitrogens with one attached hydrogen (secondary N) is 2. The molecule has 0 bridgehead atoms. The molecule has 21 heavy (non-hydrogen) atoms. The summed E-state index contributed by atoms with van der Waals surface area (Å²) in [6.45, 7) is 10.4. The molecule has 0 fully saturated rings. The summed E-state index contributed by atoms with van der Waals surface area (Å²) in [6.07, 6.45) is 1.29. The normalized spacial score (nSPS) is 12.4. The first-order valence-corrected chi connectivity index (χ1v) is 7.12. The van der Waals surface area contributed by atoms with E-state index in [1.54, 1.807) is 12.3 Å². The van der Waals surface area contributed by atoms with Gasteiger partial charge in [0.15, 0.2) is 0 Å². The number of hydrogen-bond donors (Lipinski definition) is 2. The van der Waals surface area contributed by atoms with E-state index in [0.717, 1.165) is 5.69 Å². The van der Waals surface area contributed by atoms with E-state index >= 15 is 0 Å². The topological polar surface area (TPSA) is 72.5 Å². The molecule has 0 aliphatic carbocycles. The minimum Gasteiger partial charge on any atom is -0.478 e. The highest BCUT2D eigenvalue weighted by molar-refractivity contribution is 5.67. The van der Waals surface area contributed by atoms with Gasteiger partial charge in [-0.3, -0.25) is 0 Å². The second-order valence-electron chi connectivity index (χ2n) is 5.75. The summed E-state index contributed by atoms with van der Waals surface area (Å²) < 4.78 is 10.5. The Morgan fingerprint density at radius 3 is 2.62 bits per heavy atom. The summed E-state index contributed by atoms with van der Waals surface area (Å²) in [4.78, 5) is 15.7. The van der Waals surface area contributed by atoms with Crippen LogP contribution in [0.4, 0.5) is 10.5 Å². The van der Waals surface area contributed by atoms with E-state index in [4.69, 9.17) is 9.47 Å². The van der Waals surface area contributed by atoms with Crippen molar-refractivity contribution in [3.63, 3.8) is 0 Å². The van der Waals surface area contributed by atoms with Gasteiger partial charge in [0.25, 0.3) is 0 Å². The Kier molecular flexibility index (Phi) is 6.27. The average molecular weight is 295 g/mol. The maximum Gasteiger partial charge on any atom is 0.407 e. The maximum atomic E-state index is 11.5. The molecule has 1 unspecified atom stereocenters. The van der Waals surface area contributed by atoms with E-state index in [1.165, 1.54) is 0 Å². The number of ether oxygens (including phenoxy) is 2. The maximum absolute atomic E-state index is 11.5. The first-order valence-electron chi connectivity index (χ1n) is 7.12. The molecule has 1 rings (SSSR count). The minimum absolute atomic E-state index is 0.0530. The smallest absolute Gasteiger partial charge is 0.407 e. The molecule has 118 valence electrons. The molecular weight excluding hydrogens is 270 g/mol. The fourth-order valence-electron chi connectivity index (χ4n) is 1.59. The lowest BCUT2D eigenvalue weighted by Gasteiger charge is -2.21. The van der Waals surface area contributed by atoms with E-state index in [0.29, 0.717) is 19.0 Å². The predicted molar refractivity (Wildman–Crippen MR) is 82.7 cm³/mol. The third-order valence-electron chi connectivity index (χ3n) is 2.39. The van der Waals surface area contributed by atoms with Crippen molar-refractivity contribution in [2.45, 2.75) is 46.3 Å². The Morgan fingerprint density at radius 2 is 2.10 bits per heavy atom. The third kappa shape index (κ3) is 7.39. The van der Waals surface area contributed by atoms with Crippen molar-refractivity contribution in [1.82, 2.24) is 10.3 Å². The SMILES string of the molecule is CCOc1ccc(NC(C)CNC(=O)OC(C)(C)C)cn1. The molecule has 1 aromatic rings. The fourth-order valence-corrected chi connectivity index (χ4v) is 1.59. The Balaban J connectivity index is 2.36. The van der Waals surface area contributed by atoms with Gasteiger partial charge in [0.1, 0.15) is 5.60 Å². The van der Waals surface area contributed by atoms with Gasteiger partial charge in [-0.25, -0.2) is 9.78 Å². The van der Waals surface area contributed by atoms with Gasteiger partial charge in [-0.2, -0.15) is 0 Å². The second-order valence-corrected chi connectivity index (χ2v) is 5.75. The average Bonchev–Trinajstić information content (AvgIpc) is 2.37. The number of pyridine rings is 1. The lowest BCUT2D eigenvalue weighted by atomic mass is 10.2. The van der Waals surface area contributed by atoms with E-state index in [1.807, 2.05) is 40.7 Å². The van der Waals surface area contributed by atoms with Crippen molar-refractivity contribution in [3.8, 4) is 5.88 Å². The zero-order valence-corrected chi connectivity index (χ0v) is 13.4. The zero-order chi connectivity index (χ0) is 15.9. The van der Waals surface area contributed by atoms with Crippen LogP contribution in [0.25, 0.3) is 0 Å². The highest BCUT2D eigenvalue weighted by atomic mass is 16.6. The summed E-state index contributed by atoms with van der Waals surface area (Å²) in [5.41, 5.74) is 0.386. The van der Waals surface area contributed by atoms with Crippen molar-refractivity contribution >= 4 is 11.8 Å². The Labute approximate surface area is 126 Å². The van der Waals surface area contributed by atoms with Crippen molar-refractivity contribution in [2.75, 3.05) is 18.5 Å². The Bertz CT molecular complexity index is 440. The molecule has 6 nitrogen and oxygen atoms in total. The molecule has 1 atom stereocenters. The van der Waals surface area contributed by atoms with Gasteiger partial charge >= 0.3 is 6.09 Å². The van der Waals surface area contributed by atoms with Gasteiger partial charge in [0, 0.05) is 18.7 Å². The molecule has 0 aliphatic heterocycles. The molecule has 0 aromatic carbocycles. The molecular formula is C15H25N3O3. The van der Waals surface area contributed by atoms with Gasteiger partial charge in [-0.1, -0.05) is 0 Å². The molecule has 0 saturated carbocycles. The van der Waals surface area contributed by atoms with Crippen LogP contribution in [0.3, 0.4) is 0 Å². The number of nitrogens with zero attached hydrogens (tertiary/aromatic N) is 1. The molecule has 1 amide bonds. The van der Waals surface area contributed by atoms with Gasteiger partial charge in [0.2, 0.25) is 5.88 Å². The molecule has 2 N–H and O–H groups in total. The summed E-state index contributed by atoms with van der Waals surface area (Å²) >= 11 is 0. The lowest BCUT2D eigenvalue weighted by Crippen LogP contribution is -2.38. The van der Waals surface area contributed by atoms with Crippen molar-refractivity contribution in [3.05, 3.63) is 18.3 Å². The summed E-state index contributed by atoms with van der Waals surface area (Å²) in [6, 6.07) is 3.75. The summed E-state index contributed by atoms with van der Waals surface area (Å²) in [5, 5.41) is 5.96. The quantitative estimate of drug-likeness (QED) is 0.844. The van der Waals surface area contributed by atoms with Gasteiger partial charge in [0.05, 0.1) is 18.5 Å². The Morgan fingerprint density at radius 1 is 1.38 bits per heavy atom. The molecule has 1 aromatic heterocycles. The fraction of sp³-hybridized carbons (Fsp3) is 0.600. The number of rotatable bonds is 6. The van der Waals surface area contributed by atoms with Crippen LogP contribution in [0.15, 0.2) is 18.3 Å². The van der Waals surface area contributed by atoms with Gasteiger partial charge in [-0.05, 0) is 40.7 Å². The highest BCUT2D eigenvalue weighted by Gasteiger charge is 2.16. The molecule has 0 aliphatic rings. The minimum atomic E-state index is -0.486. The van der Waals surface area contributed by atoms with E-state index in [2.05, 4.69) is 15.6 Å².